The van der Waals surface area contributed by atoms with E-state index in [1.165, 1.54) is 0 Å². The van der Waals surface area contributed by atoms with Crippen LogP contribution in [0.15, 0.2) is 36.4 Å². The van der Waals surface area contributed by atoms with E-state index in [0.29, 0.717) is 47.6 Å². The topological polar surface area (TPSA) is 116 Å². The number of hydrogen-bond acceptors (Lipinski definition) is 9. The van der Waals surface area contributed by atoms with Crippen molar-refractivity contribution in [3.8, 4) is 23.6 Å². The van der Waals surface area contributed by atoms with Crippen molar-refractivity contribution in [3.63, 3.8) is 0 Å². The van der Waals surface area contributed by atoms with E-state index in [9.17, 15) is 10.1 Å². The fourth-order valence-corrected chi connectivity index (χ4v) is 3.23. The van der Waals surface area contributed by atoms with Crippen molar-refractivity contribution < 1.29 is 23.7 Å². The van der Waals surface area contributed by atoms with Crippen molar-refractivity contribution in [2.45, 2.75) is 26.3 Å². The number of rotatable bonds is 9. The van der Waals surface area contributed by atoms with Crippen LogP contribution >= 0.6 is 0 Å². The lowest BCUT2D eigenvalue weighted by Crippen LogP contribution is -2.09. The lowest BCUT2D eigenvalue weighted by Gasteiger charge is -2.12. The third kappa shape index (κ3) is 4.98. The van der Waals surface area contributed by atoms with Gasteiger partial charge in [-0.15, -0.1) is 0 Å². The molecule has 0 bridgehead atoms. The zero-order valence-corrected chi connectivity index (χ0v) is 17.6. The number of carbonyl (C=O) groups excluding carboxylic acids is 1. The van der Waals surface area contributed by atoms with Crippen LogP contribution in [0.5, 0.6) is 17.5 Å². The monoisotopic (exact) mass is 434 g/mol. The van der Waals surface area contributed by atoms with Gasteiger partial charge in [-0.05, 0) is 49.2 Å². The highest BCUT2D eigenvalue weighted by Gasteiger charge is 2.14. The van der Waals surface area contributed by atoms with Gasteiger partial charge in [-0.2, -0.15) is 15.2 Å². The van der Waals surface area contributed by atoms with Crippen LogP contribution in [0.1, 0.15) is 30.9 Å². The highest BCUT2D eigenvalue weighted by molar-refractivity contribution is 5.90. The Bertz CT molecular complexity index is 1170. The summed E-state index contributed by atoms with van der Waals surface area (Å²) in [6, 6.07) is 13.2. The van der Waals surface area contributed by atoms with Crippen molar-refractivity contribution in [1.29, 1.82) is 5.26 Å². The summed E-state index contributed by atoms with van der Waals surface area (Å²) in [6.45, 7) is 3.10. The van der Waals surface area contributed by atoms with Crippen LogP contribution in [0, 0.1) is 11.3 Å². The number of esters is 1. The quantitative estimate of drug-likeness (QED) is 0.398. The Morgan fingerprint density at radius 2 is 2.06 bits per heavy atom. The molecule has 0 unspecified atom stereocenters. The molecule has 0 amide bonds. The Hall–Kier alpha value is -4.06. The van der Waals surface area contributed by atoms with Gasteiger partial charge in [-0.1, -0.05) is 6.07 Å². The van der Waals surface area contributed by atoms with Gasteiger partial charge in [0.25, 0.3) is 0 Å². The molecule has 0 aliphatic carbocycles. The summed E-state index contributed by atoms with van der Waals surface area (Å²) in [5, 5.41) is 13.3. The van der Waals surface area contributed by atoms with Crippen LogP contribution in [0.25, 0.3) is 10.9 Å². The molecule has 164 valence electrons. The number of carbonyl (C=O) groups is 1. The minimum Gasteiger partial charge on any atom is -0.466 e. The maximum atomic E-state index is 11.5. The molecule has 1 N–H and O–H groups in total. The minimum absolute atomic E-state index is 0.194. The molecular formula is C23H22N4O5. The first-order chi connectivity index (χ1) is 15.7. The number of nitriles is 1. The summed E-state index contributed by atoms with van der Waals surface area (Å²) in [4.78, 5) is 20.4. The second-order valence-electron chi connectivity index (χ2n) is 7.00. The lowest BCUT2D eigenvalue weighted by atomic mass is 10.1. The predicted molar refractivity (Wildman–Crippen MR) is 116 cm³/mol. The molecule has 0 saturated heterocycles. The predicted octanol–water partition coefficient (Wildman–Crippen LogP) is 3.56. The molecule has 0 saturated carbocycles. The number of hydrogen-bond donors (Lipinski definition) is 1. The van der Waals surface area contributed by atoms with Gasteiger partial charge in [0, 0.05) is 18.4 Å². The Labute approximate surface area is 184 Å². The smallest absolute Gasteiger partial charge is 0.318 e. The molecule has 3 aromatic rings. The van der Waals surface area contributed by atoms with Gasteiger partial charge in [-0.3, -0.25) is 4.79 Å². The second kappa shape index (κ2) is 9.83. The van der Waals surface area contributed by atoms with Gasteiger partial charge in [0.2, 0.25) is 6.79 Å². The summed E-state index contributed by atoms with van der Waals surface area (Å²) >= 11 is 0. The summed E-state index contributed by atoms with van der Waals surface area (Å²) < 4.78 is 21.4. The number of anilines is 1. The summed E-state index contributed by atoms with van der Waals surface area (Å²) in [7, 11) is 0. The molecule has 1 aliphatic heterocycles. The highest BCUT2D eigenvalue weighted by Crippen LogP contribution is 2.33. The second-order valence-corrected chi connectivity index (χ2v) is 7.00. The van der Waals surface area contributed by atoms with Gasteiger partial charge >= 0.3 is 12.0 Å². The molecule has 0 spiro atoms. The normalized spacial score (nSPS) is 11.8. The fraction of sp³-hybridized carbons (Fsp3) is 0.304. The maximum Gasteiger partial charge on any atom is 0.318 e. The Kier molecular flexibility index (Phi) is 6.51. The zero-order valence-electron chi connectivity index (χ0n) is 17.6. The molecule has 1 aliphatic rings. The highest BCUT2D eigenvalue weighted by atomic mass is 16.7. The number of nitrogens with zero attached hydrogens (tertiary/aromatic N) is 3. The maximum absolute atomic E-state index is 11.5. The van der Waals surface area contributed by atoms with Crippen LogP contribution < -0.4 is 19.5 Å². The van der Waals surface area contributed by atoms with E-state index >= 15 is 0 Å². The molecule has 1 aromatic heterocycles. The van der Waals surface area contributed by atoms with Gasteiger partial charge in [0.1, 0.15) is 5.82 Å². The molecule has 2 heterocycles. The van der Waals surface area contributed by atoms with Crippen molar-refractivity contribution in [1.82, 2.24) is 9.97 Å². The molecule has 2 aromatic carbocycles. The van der Waals surface area contributed by atoms with Gasteiger partial charge in [0.15, 0.2) is 11.5 Å². The van der Waals surface area contributed by atoms with E-state index < -0.39 is 0 Å². The van der Waals surface area contributed by atoms with Gasteiger partial charge < -0.3 is 24.3 Å². The van der Waals surface area contributed by atoms with Gasteiger partial charge in [0.05, 0.1) is 30.4 Å². The Balaban J connectivity index is 1.50. The number of nitrogens with one attached hydrogen (secondary N) is 1. The molecule has 0 fully saturated rings. The van der Waals surface area contributed by atoms with Crippen LogP contribution in [0.3, 0.4) is 0 Å². The van der Waals surface area contributed by atoms with Crippen LogP contribution in [0.2, 0.25) is 0 Å². The van der Waals surface area contributed by atoms with E-state index in [2.05, 4.69) is 21.4 Å². The van der Waals surface area contributed by atoms with Crippen LogP contribution in [-0.2, 0) is 16.1 Å². The number of ether oxygens (including phenoxy) is 4. The molecule has 9 heteroatoms. The minimum atomic E-state index is -0.259. The standard InChI is InChI=1S/C23H22N4O5/c1-2-29-21(28)4-3-9-30-23-26-18-7-5-15(12-24)10-17(18)22(27-23)25-13-16-6-8-19-20(11-16)32-14-31-19/h5-8,10-11H,2-4,9,13-14H2,1H3,(H,25,26,27). The van der Waals surface area contributed by atoms with Gasteiger partial charge in [-0.25, -0.2) is 0 Å². The summed E-state index contributed by atoms with van der Waals surface area (Å²) in [6.07, 6.45) is 0.760. The lowest BCUT2D eigenvalue weighted by molar-refractivity contribution is -0.143. The molecule has 32 heavy (non-hydrogen) atoms. The molecular weight excluding hydrogens is 412 g/mol. The number of aromatic nitrogens is 2. The number of benzene rings is 2. The Morgan fingerprint density at radius 1 is 1.19 bits per heavy atom. The van der Waals surface area contributed by atoms with Crippen molar-refractivity contribution in [3.05, 3.63) is 47.5 Å². The summed E-state index contributed by atoms with van der Waals surface area (Å²) in [5.74, 6) is 1.71. The molecule has 9 nitrogen and oxygen atoms in total. The van der Waals surface area contributed by atoms with Crippen molar-refractivity contribution >= 4 is 22.7 Å². The van der Waals surface area contributed by atoms with E-state index in [1.54, 1.807) is 25.1 Å². The SMILES string of the molecule is CCOC(=O)CCCOc1nc(NCc2ccc3c(c2)OCO3)c2cc(C#N)ccc2n1. The summed E-state index contributed by atoms with van der Waals surface area (Å²) in [5.41, 5.74) is 2.14. The molecule has 0 radical (unpaired) electrons. The molecule has 0 atom stereocenters. The van der Waals surface area contributed by atoms with Crippen molar-refractivity contribution in [2.24, 2.45) is 0 Å². The molecule has 4 rings (SSSR count). The van der Waals surface area contributed by atoms with E-state index in [-0.39, 0.29) is 31.8 Å². The van der Waals surface area contributed by atoms with Crippen LogP contribution in [-0.4, -0.2) is 35.9 Å². The first-order valence-corrected chi connectivity index (χ1v) is 10.3. The average Bonchev–Trinajstić information content (AvgIpc) is 3.28. The zero-order chi connectivity index (χ0) is 22.3. The average molecular weight is 434 g/mol. The first-order valence-electron chi connectivity index (χ1n) is 10.3. The largest absolute Gasteiger partial charge is 0.466 e. The Morgan fingerprint density at radius 3 is 2.91 bits per heavy atom. The first kappa shape index (κ1) is 21.2. The van der Waals surface area contributed by atoms with Crippen LogP contribution in [0.4, 0.5) is 5.82 Å². The van der Waals surface area contributed by atoms with E-state index in [1.807, 2.05) is 18.2 Å². The fourth-order valence-electron chi connectivity index (χ4n) is 3.23. The number of fused-ring (bicyclic) bond motifs is 2. The van der Waals surface area contributed by atoms with E-state index in [0.717, 1.165) is 11.3 Å². The third-order valence-corrected chi connectivity index (χ3v) is 4.76. The van der Waals surface area contributed by atoms with E-state index in [4.69, 9.17) is 18.9 Å². The third-order valence-electron chi connectivity index (χ3n) is 4.76. The van der Waals surface area contributed by atoms with Crippen molar-refractivity contribution in [2.75, 3.05) is 25.3 Å².